The quantitative estimate of drug-likeness (QED) is 0.780. The van der Waals surface area contributed by atoms with Crippen LogP contribution >= 0.6 is 0 Å². The second kappa shape index (κ2) is 8.17. The number of aliphatic hydroxyl groups is 1. The van der Waals surface area contributed by atoms with Gasteiger partial charge in [0.05, 0.1) is 11.3 Å². The van der Waals surface area contributed by atoms with E-state index in [1.807, 2.05) is 36.4 Å². The zero-order chi connectivity index (χ0) is 21.2. The molecule has 1 aliphatic carbocycles. The molecule has 2 aromatic rings. The van der Waals surface area contributed by atoms with E-state index in [1.54, 1.807) is 26.8 Å². The van der Waals surface area contributed by atoms with Crippen molar-refractivity contribution in [1.29, 1.82) is 0 Å². The molecule has 0 atom stereocenters. The van der Waals surface area contributed by atoms with E-state index >= 15 is 0 Å². The van der Waals surface area contributed by atoms with Gasteiger partial charge in [-0.2, -0.15) is 9.49 Å². The normalized spacial score (nSPS) is 15.5. The molecular formula is C23H26FN3O2. The van der Waals surface area contributed by atoms with E-state index in [1.165, 1.54) is 7.05 Å². The number of nitrogens with one attached hydrogen (secondary N) is 1. The second-order valence-corrected chi connectivity index (χ2v) is 7.87. The van der Waals surface area contributed by atoms with Crippen molar-refractivity contribution >= 4 is 17.2 Å². The van der Waals surface area contributed by atoms with Crippen LogP contribution in [0.5, 0.6) is 0 Å². The fourth-order valence-corrected chi connectivity index (χ4v) is 3.21. The number of carbonyl (C=O) groups excluding carboxylic acids is 1. The fraction of sp³-hybridized carbons (Fsp3) is 0.304. The van der Waals surface area contributed by atoms with Gasteiger partial charge in [-0.15, -0.1) is 0 Å². The Bertz CT molecular complexity index is 1020. The van der Waals surface area contributed by atoms with Crippen molar-refractivity contribution in [1.82, 2.24) is 9.78 Å². The monoisotopic (exact) mass is 395 g/mol. The Morgan fingerprint density at radius 2 is 2.07 bits per heavy atom. The first-order valence-electron chi connectivity index (χ1n) is 9.55. The van der Waals surface area contributed by atoms with Gasteiger partial charge in [-0.1, -0.05) is 42.5 Å². The Hall–Kier alpha value is -2.99. The number of nitrogens with zero attached hydrogens (tertiary/aromatic N) is 2. The number of aromatic nitrogens is 2. The van der Waals surface area contributed by atoms with Crippen LogP contribution in [0.2, 0.25) is 0 Å². The number of para-hydroxylation sites is 1. The molecule has 0 saturated heterocycles. The summed E-state index contributed by atoms with van der Waals surface area (Å²) in [7, 11) is 1.47. The van der Waals surface area contributed by atoms with Gasteiger partial charge in [-0.3, -0.25) is 4.79 Å². The minimum Gasteiger partial charge on any atom is -0.390 e. The summed E-state index contributed by atoms with van der Waals surface area (Å²) in [6, 6.07) is 7.44. The lowest BCUT2D eigenvalue weighted by molar-refractivity contribution is 0.0837. The molecule has 3 rings (SSSR count). The molecule has 1 aromatic carbocycles. The summed E-state index contributed by atoms with van der Waals surface area (Å²) in [5.41, 5.74) is 3.14. The van der Waals surface area contributed by atoms with Crippen LogP contribution in [0.15, 0.2) is 54.1 Å². The first kappa shape index (κ1) is 20.7. The molecule has 0 saturated carbocycles. The van der Waals surface area contributed by atoms with Crippen molar-refractivity contribution in [2.75, 3.05) is 5.32 Å². The third-order valence-corrected chi connectivity index (χ3v) is 4.76. The number of amides is 1. The summed E-state index contributed by atoms with van der Waals surface area (Å²) in [6.07, 6.45) is 9.44. The molecule has 1 amide bonds. The van der Waals surface area contributed by atoms with Gasteiger partial charge in [0.1, 0.15) is 5.56 Å². The van der Waals surface area contributed by atoms with Crippen LogP contribution < -0.4 is 5.32 Å². The maximum absolute atomic E-state index is 14.2. The Labute approximate surface area is 170 Å². The SMILES string of the molecule is Cc1nn(C)c(F)c1C(=O)Nc1ccccc1C1=CCC(=CCC(C)(C)O)C=C1. The molecule has 152 valence electrons. The van der Waals surface area contributed by atoms with Crippen molar-refractivity contribution in [2.24, 2.45) is 7.05 Å². The molecule has 1 heterocycles. The van der Waals surface area contributed by atoms with Gasteiger partial charge < -0.3 is 10.4 Å². The largest absolute Gasteiger partial charge is 0.390 e. The van der Waals surface area contributed by atoms with Crippen LogP contribution in [0, 0.1) is 12.9 Å². The second-order valence-electron chi connectivity index (χ2n) is 7.87. The third kappa shape index (κ3) is 4.90. The van der Waals surface area contributed by atoms with Crippen molar-refractivity contribution in [3.8, 4) is 0 Å². The van der Waals surface area contributed by atoms with Gasteiger partial charge in [0.2, 0.25) is 5.95 Å². The molecule has 1 aliphatic rings. The first-order valence-corrected chi connectivity index (χ1v) is 9.55. The van der Waals surface area contributed by atoms with Crippen molar-refractivity contribution < 1.29 is 14.3 Å². The standard InChI is InChI=1S/C23H26FN3O2/c1-15-20(21(24)27(4)26-15)22(28)25-19-8-6-5-7-18(19)17-11-9-16(10-12-17)13-14-23(2,3)29/h5-9,11-13,29H,10,14H2,1-4H3,(H,25,28). The van der Waals surface area contributed by atoms with Crippen molar-refractivity contribution in [3.63, 3.8) is 0 Å². The maximum Gasteiger partial charge on any atom is 0.262 e. The molecule has 0 aliphatic heterocycles. The van der Waals surface area contributed by atoms with Crippen LogP contribution in [-0.4, -0.2) is 26.4 Å². The number of benzene rings is 1. The van der Waals surface area contributed by atoms with Gasteiger partial charge in [0.25, 0.3) is 5.91 Å². The Kier molecular flexibility index (Phi) is 5.84. The Balaban J connectivity index is 1.81. The van der Waals surface area contributed by atoms with Crippen LogP contribution in [0.3, 0.4) is 0 Å². The lowest BCUT2D eigenvalue weighted by Gasteiger charge is -2.17. The van der Waals surface area contributed by atoms with Gasteiger partial charge in [-0.25, -0.2) is 4.68 Å². The number of aryl methyl sites for hydroxylation is 2. The maximum atomic E-state index is 14.2. The fourth-order valence-electron chi connectivity index (χ4n) is 3.21. The van der Waals surface area contributed by atoms with Crippen LogP contribution in [0.4, 0.5) is 10.1 Å². The number of anilines is 1. The Morgan fingerprint density at radius 1 is 1.34 bits per heavy atom. The molecule has 0 radical (unpaired) electrons. The van der Waals surface area contributed by atoms with Crippen LogP contribution in [0.25, 0.3) is 5.57 Å². The summed E-state index contributed by atoms with van der Waals surface area (Å²) >= 11 is 0. The van der Waals surface area contributed by atoms with Crippen LogP contribution in [-0.2, 0) is 7.05 Å². The molecule has 0 bridgehead atoms. The summed E-state index contributed by atoms with van der Waals surface area (Å²) in [5, 5.41) is 16.7. The predicted octanol–water partition coefficient (Wildman–Crippen LogP) is 4.55. The molecule has 6 heteroatoms. The van der Waals surface area contributed by atoms with Crippen molar-refractivity contribution in [3.05, 3.63) is 76.9 Å². The first-order chi connectivity index (χ1) is 13.7. The third-order valence-electron chi connectivity index (χ3n) is 4.76. The van der Waals surface area contributed by atoms with Gasteiger partial charge in [-0.05, 0) is 50.8 Å². The number of hydrogen-bond donors (Lipinski definition) is 2. The minimum atomic E-state index is -0.735. The topological polar surface area (TPSA) is 67.2 Å². The zero-order valence-electron chi connectivity index (χ0n) is 17.2. The van der Waals surface area contributed by atoms with Gasteiger partial charge in [0, 0.05) is 18.3 Å². The molecule has 5 nitrogen and oxygen atoms in total. The zero-order valence-corrected chi connectivity index (χ0v) is 17.2. The average molecular weight is 395 g/mol. The highest BCUT2D eigenvalue weighted by atomic mass is 19.1. The van der Waals surface area contributed by atoms with E-state index in [2.05, 4.69) is 16.5 Å². The van der Waals surface area contributed by atoms with Gasteiger partial charge >= 0.3 is 0 Å². The summed E-state index contributed by atoms with van der Waals surface area (Å²) in [4.78, 5) is 12.7. The lowest BCUT2D eigenvalue weighted by Crippen LogP contribution is -2.16. The molecule has 29 heavy (non-hydrogen) atoms. The molecule has 1 aromatic heterocycles. The van der Waals surface area contributed by atoms with Gasteiger partial charge in [0.15, 0.2) is 0 Å². The van der Waals surface area contributed by atoms with E-state index in [0.717, 1.165) is 27.8 Å². The smallest absolute Gasteiger partial charge is 0.262 e. The summed E-state index contributed by atoms with van der Waals surface area (Å²) < 4.78 is 15.3. The number of rotatable bonds is 5. The Morgan fingerprint density at radius 3 is 2.66 bits per heavy atom. The number of halogens is 1. The highest BCUT2D eigenvalue weighted by Gasteiger charge is 2.21. The minimum absolute atomic E-state index is 0.0488. The van der Waals surface area contributed by atoms with E-state index in [-0.39, 0.29) is 5.56 Å². The molecule has 0 spiro atoms. The predicted molar refractivity (Wildman–Crippen MR) is 113 cm³/mol. The van der Waals surface area contributed by atoms with E-state index in [4.69, 9.17) is 0 Å². The van der Waals surface area contributed by atoms with E-state index in [9.17, 15) is 14.3 Å². The van der Waals surface area contributed by atoms with E-state index < -0.39 is 17.5 Å². The highest BCUT2D eigenvalue weighted by Crippen LogP contribution is 2.30. The average Bonchev–Trinajstić information content (AvgIpc) is 2.92. The van der Waals surface area contributed by atoms with Crippen LogP contribution in [0.1, 0.15) is 48.3 Å². The number of allylic oxidation sites excluding steroid dienone is 5. The van der Waals surface area contributed by atoms with Crippen molar-refractivity contribution in [2.45, 2.75) is 39.2 Å². The molecule has 0 fully saturated rings. The molecular weight excluding hydrogens is 369 g/mol. The molecule has 2 N–H and O–H groups in total. The number of hydrogen-bond acceptors (Lipinski definition) is 3. The summed E-state index contributed by atoms with van der Waals surface area (Å²) in [5.74, 6) is -1.18. The van der Waals surface area contributed by atoms with E-state index in [0.29, 0.717) is 17.8 Å². The lowest BCUT2D eigenvalue weighted by atomic mass is 9.94. The summed E-state index contributed by atoms with van der Waals surface area (Å²) in [6.45, 7) is 5.17. The highest BCUT2D eigenvalue weighted by molar-refractivity contribution is 6.06. The number of carbonyl (C=O) groups is 1. The molecule has 0 unspecified atom stereocenters.